The zero-order valence-corrected chi connectivity index (χ0v) is 13.3. The second-order valence-electron chi connectivity index (χ2n) is 5.55. The smallest absolute Gasteiger partial charge is 0.341 e. The SMILES string of the molecule is CCn1cc(C(=O)O)c(=O)c2c(C)n(C)c(-c3ccccc3)c21. The molecule has 0 aliphatic rings. The monoisotopic (exact) mass is 310 g/mol. The molecule has 0 saturated heterocycles. The van der Waals surface area contributed by atoms with E-state index in [1.54, 1.807) is 0 Å². The lowest BCUT2D eigenvalue weighted by Crippen LogP contribution is -2.18. The maximum atomic E-state index is 12.6. The third-order valence-electron chi connectivity index (χ3n) is 4.32. The molecule has 2 heterocycles. The van der Waals surface area contributed by atoms with Crippen LogP contribution in [0.3, 0.4) is 0 Å². The molecule has 0 saturated carbocycles. The lowest BCUT2D eigenvalue weighted by Gasteiger charge is -2.11. The number of aromatic nitrogens is 2. The summed E-state index contributed by atoms with van der Waals surface area (Å²) in [6.45, 7) is 4.37. The van der Waals surface area contributed by atoms with Gasteiger partial charge in [-0.25, -0.2) is 4.79 Å². The van der Waals surface area contributed by atoms with Crippen LogP contribution >= 0.6 is 0 Å². The molecule has 1 N–H and O–H groups in total. The zero-order valence-electron chi connectivity index (χ0n) is 13.3. The van der Waals surface area contributed by atoms with Crippen LogP contribution in [0.25, 0.3) is 22.2 Å². The average molecular weight is 310 g/mol. The summed E-state index contributed by atoms with van der Waals surface area (Å²) in [5.41, 5.74) is 2.87. The Bertz CT molecular complexity index is 966. The number of nitrogens with zero attached hydrogens (tertiary/aromatic N) is 2. The molecule has 5 heteroatoms. The molecule has 0 amide bonds. The Labute approximate surface area is 133 Å². The van der Waals surface area contributed by atoms with Crippen molar-refractivity contribution in [3.8, 4) is 11.3 Å². The molecule has 0 atom stereocenters. The lowest BCUT2D eigenvalue weighted by molar-refractivity contribution is 0.0695. The Morgan fingerprint density at radius 3 is 2.43 bits per heavy atom. The van der Waals surface area contributed by atoms with Crippen LogP contribution in [0, 0.1) is 6.92 Å². The number of carbonyl (C=O) groups is 1. The first-order chi connectivity index (χ1) is 11.0. The average Bonchev–Trinajstić information content (AvgIpc) is 2.81. The van der Waals surface area contributed by atoms with E-state index in [9.17, 15) is 14.7 Å². The van der Waals surface area contributed by atoms with Gasteiger partial charge in [0.2, 0.25) is 5.43 Å². The topological polar surface area (TPSA) is 64.2 Å². The van der Waals surface area contributed by atoms with Crippen molar-refractivity contribution in [2.45, 2.75) is 20.4 Å². The van der Waals surface area contributed by atoms with Crippen LogP contribution in [-0.4, -0.2) is 20.2 Å². The lowest BCUT2D eigenvalue weighted by atomic mass is 10.1. The molecule has 0 fully saturated rings. The summed E-state index contributed by atoms with van der Waals surface area (Å²) in [5, 5.41) is 9.79. The third-order valence-corrected chi connectivity index (χ3v) is 4.32. The molecule has 23 heavy (non-hydrogen) atoms. The maximum Gasteiger partial charge on any atom is 0.341 e. The molecular weight excluding hydrogens is 292 g/mol. The number of aromatic carboxylic acids is 1. The first kappa shape index (κ1) is 15.1. The van der Waals surface area contributed by atoms with Crippen molar-refractivity contribution in [2.75, 3.05) is 0 Å². The summed E-state index contributed by atoms with van der Waals surface area (Å²) in [6.07, 6.45) is 1.44. The van der Waals surface area contributed by atoms with Crippen molar-refractivity contribution >= 4 is 16.9 Å². The minimum absolute atomic E-state index is 0.187. The Kier molecular flexibility index (Phi) is 3.56. The van der Waals surface area contributed by atoms with E-state index in [1.165, 1.54) is 6.20 Å². The van der Waals surface area contributed by atoms with Gasteiger partial charge in [-0.05, 0) is 13.8 Å². The van der Waals surface area contributed by atoms with Crippen molar-refractivity contribution in [1.82, 2.24) is 9.13 Å². The largest absolute Gasteiger partial charge is 0.477 e. The highest BCUT2D eigenvalue weighted by Crippen LogP contribution is 2.31. The minimum atomic E-state index is -1.19. The quantitative estimate of drug-likeness (QED) is 0.808. The van der Waals surface area contributed by atoms with E-state index in [2.05, 4.69) is 0 Å². The highest BCUT2D eigenvalue weighted by atomic mass is 16.4. The Hall–Kier alpha value is -2.82. The molecule has 0 spiro atoms. The standard InChI is InChI=1S/C18H18N2O3/c1-4-20-10-13(18(22)23)17(21)14-11(2)19(3)15(16(14)20)12-8-6-5-7-9-12/h5-10H,4H2,1-3H3,(H,22,23). The van der Waals surface area contributed by atoms with Gasteiger partial charge in [0, 0.05) is 31.0 Å². The van der Waals surface area contributed by atoms with Gasteiger partial charge in [-0.15, -0.1) is 0 Å². The summed E-state index contributed by atoms with van der Waals surface area (Å²) >= 11 is 0. The van der Waals surface area contributed by atoms with Gasteiger partial charge in [0.15, 0.2) is 0 Å². The van der Waals surface area contributed by atoms with Gasteiger partial charge in [0.25, 0.3) is 0 Å². The van der Waals surface area contributed by atoms with Crippen LogP contribution in [0.15, 0.2) is 41.3 Å². The molecule has 3 aromatic rings. The van der Waals surface area contributed by atoms with Gasteiger partial charge in [-0.2, -0.15) is 0 Å². The van der Waals surface area contributed by atoms with Crippen molar-refractivity contribution in [2.24, 2.45) is 7.05 Å². The molecule has 118 valence electrons. The molecule has 0 bridgehead atoms. The fourth-order valence-electron chi connectivity index (χ4n) is 3.08. The van der Waals surface area contributed by atoms with Crippen LogP contribution in [0.2, 0.25) is 0 Å². The van der Waals surface area contributed by atoms with Gasteiger partial charge >= 0.3 is 5.97 Å². The van der Waals surface area contributed by atoms with E-state index >= 15 is 0 Å². The summed E-state index contributed by atoms with van der Waals surface area (Å²) in [7, 11) is 1.90. The molecule has 0 aliphatic carbocycles. The predicted molar refractivity (Wildman–Crippen MR) is 90.0 cm³/mol. The first-order valence-electron chi connectivity index (χ1n) is 7.48. The maximum absolute atomic E-state index is 12.6. The van der Waals surface area contributed by atoms with Gasteiger partial charge < -0.3 is 14.2 Å². The van der Waals surface area contributed by atoms with Gasteiger partial charge in [0.1, 0.15) is 5.56 Å². The number of hydrogen-bond donors (Lipinski definition) is 1. The van der Waals surface area contributed by atoms with E-state index in [1.807, 2.05) is 60.4 Å². The molecule has 2 aromatic heterocycles. The number of carboxylic acid groups (broad SMARTS) is 1. The Balaban J connectivity index is 2.54. The second kappa shape index (κ2) is 5.43. The first-order valence-corrected chi connectivity index (χ1v) is 7.48. The summed E-state index contributed by atoms with van der Waals surface area (Å²) in [5.74, 6) is -1.19. The molecular formula is C18H18N2O3. The number of pyridine rings is 1. The van der Waals surface area contributed by atoms with Gasteiger partial charge in [0.05, 0.1) is 16.6 Å². The second-order valence-corrected chi connectivity index (χ2v) is 5.55. The van der Waals surface area contributed by atoms with Crippen molar-refractivity contribution in [3.63, 3.8) is 0 Å². The van der Waals surface area contributed by atoms with Crippen LogP contribution < -0.4 is 5.43 Å². The Morgan fingerprint density at radius 1 is 1.22 bits per heavy atom. The van der Waals surface area contributed by atoms with Crippen LogP contribution in [0.5, 0.6) is 0 Å². The molecule has 1 aromatic carbocycles. The minimum Gasteiger partial charge on any atom is -0.477 e. The predicted octanol–water partition coefficient (Wildman–Crippen LogP) is 3.03. The number of fused-ring (bicyclic) bond motifs is 1. The number of carboxylic acids is 1. The van der Waals surface area contributed by atoms with Crippen molar-refractivity contribution in [1.29, 1.82) is 0 Å². The van der Waals surface area contributed by atoms with Crippen LogP contribution in [0.1, 0.15) is 23.0 Å². The van der Waals surface area contributed by atoms with Gasteiger partial charge in [-0.3, -0.25) is 4.79 Å². The number of hydrogen-bond acceptors (Lipinski definition) is 2. The van der Waals surface area contributed by atoms with E-state index < -0.39 is 11.4 Å². The van der Waals surface area contributed by atoms with Crippen molar-refractivity contribution < 1.29 is 9.90 Å². The molecule has 0 unspecified atom stereocenters. The van der Waals surface area contributed by atoms with Crippen LogP contribution in [0.4, 0.5) is 0 Å². The highest BCUT2D eigenvalue weighted by molar-refractivity contribution is 5.99. The van der Waals surface area contributed by atoms with E-state index in [4.69, 9.17) is 0 Å². The molecule has 0 radical (unpaired) electrons. The number of rotatable bonds is 3. The fourth-order valence-corrected chi connectivity index (χ4v) is 3.08. The van der Waals surface area contributed by atoms with Crippen LogP contribution in [-0.2, 0) is 13.6 Å². The number of aryl methyl sites for hydroxylation is 2. The summed E-state index contributed by atoms with van der Waals surface area (Å²) in [4.78, 5) is 24.0. The summed E-state index contributed by atoms with van der Waals surface area (Å²) < 4.78 is 3.80. The van der Waals surface area contributed by atoms with E-state index in [0.29, 0.717) is 11.9 Å². The van der Waals surface area contributed by atoms with Crippen molar-refractivity contribution in [3.05, 3.63) is 58.0 Å². The molecule has 5 nitrogen and oxygen atoms in total. The highest BCUT2D eigenvalue weighted by Gasteiger charge is 2.22. The molecule has 0 aliphatic heterocycles. The van der Waals surface area contributed by atoms with E-state index in [0.717, 1.165) is 22.5 Å². The zero-order chi connectivity index (χ0) is 16.7. The van der Waals surface area contributed by atoms with E-state index in [-0.39, 0.29) is 5.56 Å². The Morgan fingerprint density at radius 2 is 1.87 bits per heavy atom. The number of benzene rings is 1. The molecule has 3 rings (SSSR count). The fraction of sp³-hybridized carbons (Fsp3) is 0.222. The third kappa shape index (κ3) is 2.16. The normalized spacial score (nSPS) is 11.1. The van der Waals surface area contributed by atoms with Gasteiger partial charge in [-0.1, -0.05) is 30.3 Å². The summed E-state index contributed by atoms with van der Waals surface area (Å²) in [6, 6.07) is 9.82.